The zero-order chi connectivity index (χ0) is 18.5. The molecule has 2 unspecified atom stereocenters. The van der Waals surface area contributed by atoms with Crippen LogP contribution < -0.4 is 0 Å². The zero-order valence-electron chi connectivity index (χ0n) is 16.3. The van der Waals surface area contributed by atoms with Gasteiger partial charge in [-0.3, -0.25) is 9.59 Å². The van der Waals surface area contributed by atoms with E-state index < -0.39 is 10.8 Å². The van der Waals surface area contributed by atoms with Gasteiger partial charge in [-0.15, -0.1) is 0 Å². The van der Waals surface area contributed by atoms with E-state index in [-0.39, 0.29) is 23.8 Å². The molecule has 2 bridgehead atoms. The van der Waals surface area contributed by atoms with Crippen LogP contribution in [0.3, 0.4) is 0 Å². The van der Waals surface area contributed by atoms with Gasteiger partial charge in [-0.1, -0.05) is 52.7 Å². The van der Waals surface area contributed by atoms with Crippen molar-refractivity contribution >= 4 is 11.9 Å². The van der Waals surface area contributed by atoms with E-state index in [1.165, 1.54) is 0 Å². The summed E-state index contributed by atoms with van der Waals surface area (Å²) in [6, 6.07) is 0. The van der Waals surface area contributed by atoms with Crippen molar-refractivity contribution in [2.75, 3.05) is 13.2 Å². The Morgan fingerprint density at radius 2 is 1.20 bits per heavy atom. The van der Waals surface area contributed by atoms with Gasteiger partial charge in [0.1, 0.15) is 0 Å². The van der Waals surface area contributed by atoms with E-state index in [1.807, 2.05) is 13.8 Å². The van der Waals surface area contributed by atoms with Crippen LogP contribution in [-0.2, 0) is 19.1 Å². The molecule has 2 rings (SSSR count). The first-order valence-corrected chi connectivity index (χ1v) is 10.1. The van der Waals surface area contributed by atoms with Gasteiger partial charge in [0, 0.05) is 0 Å². The van der Waals surface area contributed by atoms with Gasteiger partial charge in [0.2, 0.25) is 0 Å². The molecule has 0 amide bonds. The van der Waals surface area contributed by atoms with Gasteiger partial charge in [0.15, 0.2) is 0 Å². The Labute approximate surface area is 152 Å². The molecule has 0 aromatic heterocycles. The number of carbonyl (C=O) groups is 2. The topological polar surface area (TPSA) is 52.6 Å². The smallest absolute Gasteiger partial charge is 0.313 e. The van der Waals surface area contributed by atoms with Gasteiger partial charge in [0.05, 0.1) is 24.0 Å². The third-order valence-corrected chi connectivity index (χ3v) is 6.04. The second-order valence-electron chi connectivity index (χ2n) is 7.55. The molecule has 1 fully saturated rings. The van der Waals surface area contributed by atoms with Crippen LogP contribution in [0.5, 0.6) is 0 Å². The van der Waals surface area contributed by atoms with Gasteiger partial charge >= 0.3 is 11.9 Å². The summed E-state index contributed by atoms with van der Waals surface area (Å²) in [6.45, 7) is 8.98. The van der Waals surface area contributed by atoms with Crippen molar-refractivity contribution in [3.63, 3.8) is 0 Å². The number of hydrogen-bond acceptors (Lipinski definition) is 4. The molecule has 0 aromatic carbocycles. The lowest BCUT2D eigenvalue weighted by atomic mass is 9.54. The van der Waals surface area contributed by atoms with Crippen molar-refractivity contribution in [1.29, 1.82) is 0 Å². The summed E-state index contributed by atoms with van der Waals surface area (Å²) in [5.41, 5.74) is -1.53. The second kappa shape index (κ2) is 8.37. The minimum absolute atomic E-state index is 0.0857. The predicted molar refractivity (Wildman–Crippen MR) is 97.9 cm³/mol. The summed E-state index contributed by atoms with van der Waals surface area (Å²) in [4.78, 5) is 26.6. The molecule has 2 aliphatic carbocycles. The number of fused-ring (bicyclic) bond motifs is 2. The highest BCUT2D eigenvalue weighted by molar-refractivity contribution is 5.91. The largest absolute Gasteiger partial charge is 0.465 e. The van der Waals surface area contributed by atoms with Crippen molar-refractivity contribution in [3.05, 3.63) is 12.2 Å². The molecule has 142 valence electrons. The normalized spacial score (nSPS) is 32.8. The molecule has 0 heterocycles. The third-order valence-electron chi connectivity index (χ3n) is 6.04. The highest BCUT2D eigenvalue weighted by Crippen LogP contribution is 2.68. The van der Waals surface area contributed by atoms with Gasteiger partial charge in [-0.2, -0.15) is 0 Å². The molecule has 0 spiro atoms. The van der Waals surface area contributed by atoms with E-state index >= 15 is 0 Å². The maximum absolute atomic E-state index is 13.3. The first-order valence-electron chi connectivity index (χ1n) is 10.1. The van der Waals surface area contributed by atoms with Crippen LogP contribution in [-0.4, -0.2) is 25.2 Å². The Hall–Kier alpha value is -1.32. The van der Waals surface area contributed by atoms with Crippen LogP contribution in [0.4, 0.5) is 0 Å². The van der Waals surface area contributed by atoms with E-state index in [9.17, 15) is 9.59 Å². The van der Waals surface area contributed by atoms with Crippen molar-refractivity contribution in [3.8, 4) is 0 Å². The van der Waals surface area contributed by atoms with Crippen molar-refractivity contribution in [2.45, 2.75) is 72.6 Å². The Morgan fingerprint density at radius 3 is 1.52 bits per heavy atom. The number of allylic oxidation sites excluding steroid dienone is 2. The lowest BCUT2D eigenvalue weighted by Gasteiger charge is -2.48. The maximum Gasteiger partial charge on any atom is 0.313 e. The average molecular weight is 350 g/mol. The van der Waals surface area contributed by atoms with Crippen molar-refractivity contribution in [2.24, 2.45) is 22.7 Å². The number of rotatable bonds is 10. The molecule has 25 heavy (non-hydrogen) atoms. The fourth-order valence-electron chi connectivity index (χ4n) is 5.22. The molecule has 1 saturated carbocycles. The fraction of sp³-hybridized carbons (Fsp3) is 0.810. The molecule has 4 heteroatoms. The first kappa shape index (κ1) is 20.0. The van der Waals surface area contributed by atoms with Crippen molar-refractivity contribution in [1.82, 2.24) is 0 Å². The van der Waals surface area contributed by atoms with Crippen LogP contribution in [0.1, 0.15) is 72.6 Å². The van der Waals surface area contributed by atoms with E-state index in [1.54, 1.807) is 0 Å². The Bertz CT molecular complexity index is 468. The quantitative estimate of drug-likeness (QED) is 0.424. The predicted octanol–water partition coefficient (Wildman–Crippen LogP) is 4.67. The van der Waals surface area contributed by atoms with E-state index in [4.69, 9.17) is 9.47 Å². The number of esters is 2. The minimum Gasteiger partial charge on any atom is -0.465 e. The lowest BCUT2D eigenvalue weighted by molar-refractivity contribution is -0.186. The van der Waals surface area contributed by atoms with Crippen LogP contribution in [0.15, 0.2) is 12.2 Å². The monoisotopic (exact) mass is 350 g/mol. The second-order valence-corrected chi connectivity index (χ2v) is 7.55. The SMILES string of the molecule is CCCOC(=O)C1(CCC)[C@@H]2C=C[C@H](C2)C1(CCC)C(=O)OCCC. The molecule has 0 radical (unpaired) electrons. The molecule has 4 nitrogen and oxygen atoms in total. The third kappa shape index (κ3) is 3.02. The van der Waals surface area contributed by atoms with E-state index in [2.05, 4.69) is 26.0 Å². The van der Waals surface area contributed by atoms with Gasteiger partial charge in [-0.05, 0) is 43.9 Å². The molecule has 0 saturated heterocycles. The summed E-state index contributed by atoms with van der Waals surface area (Å²) >= 11 is 0. The molecule has 4 atom stereocenters. The average Bonchev–Trinajstić information content (AvgIpc) is 3.19. The van der Waals surface area contributed by atoms with E-state index in [0.717, 1.165) is 32.1 Å². The Kier molecular flexibility index (Phi) is 6.70. The van der Waals surface area contributed by atoms with Crippen LogP contribution in [0.25, 0.3) is 0 Å². The number of ether oxygens (including phenoxy) is 2. The highest BCUT2D eigenvalue weighted by atomic mass is 16.5. The summed E-state index contributed by atoms with van der Waals surface area (Å²) in [6.07, 6.45) is 9.81. The number of hydrogen-bond donors (Lipinski definition) is 0. The summed E-state index contributed by atoms with van der Waals surface area (Å²) < 4.78 is 11.3. The molecule has 2 aliphatic rings. The fourth-order valence-corrected chi connectivity index (χ4v) is 5.22. The van der Waals surface area contributed by atoms with Crippen LogP contribution in [0.2, 0.25) is 0 Å². The van der Waals surface area contributed by atoms with Gasteiger partial charge in [0.25, 0.3) is 0 Å². The van der Waals surface area contributed by atoms with Crippen LogP contribution in [0, 0.1) is 22.7 Å². The molecule has 0 aliphatic heterocycles. The molecular weight excluding hydrogens is 316 g/mol. The Balaban J connectivity index is 2.52. The Morgan fingerprint density at radius 1 is 0.800 bits per heavy atom. The maximum atomic E-state index is 13.3. The standard InChI is InChI=1S/C21H34O4/c1-5-11-20(18(22)24-13-7-3)16-9-10-17(15-16)21(20,12-6-2)19(23)25-14-8-4/h9-10,16-17H,5-8,11-15H2,1-4H3/t16-,17-,20?,21?/m1/s1. The lowest BCUT2D eigenvalue weighted by Crippen LogP contribution is -2.56. The van der Waals surface area contributed by atoms with Crippen molar-refractivity contribution < 1.29 is 19.1 Å². The molecule has 0 N–H and O–H groups in total. The number of carbonyl (C=O) groups excluding carboxylic acids is 2. The zero-order valence-corrected chi connectivity index (χ0v) is 16.3. The minimum atomic E-state index is -0.767. The molecule has 0 aromatic rings. The summed E-state index contributed by atoms with van der Waals surface area (Å²) in [5, 5.41) is 0. The molecular formula is C21H34O4. The van der Waals surface area contributed by atoms with Gasteiger partial charge < -0.3 is 9.47 Å². The summed E-state index contributed by atoms with van der Waals surface area (Å²) in [5.74, 6) is -0.199. The summed E-state index contributed by atoms with van der Waals surface area (Å²) in [7, 11) is 0. The highest BCUT2D eigenvalue weighted by Gasteiger charge is 2.72. The van der Waals surface area contributed by atoms with Crippen LogP contribution >= 0.6 is 0 Å². The first-order chi connectivity index (χ1) is 12.0. The van der Waals surface area contributed by atoms with E-state index in [0.29, 0.717) is 26.1 Å². The van der Waals surface area contributed by atoms with Gasteiger partial charge in [-0.25, -0.2) is 0 Å².